The summed E-state index contributed by atoms with van der Waals surface area (Å²) in [5.74, 6) is 0.961. The van der Waals surface area contributed by atoms with E-state index in [1.54, 1.807) is 6.20 Å². The van der Waals surface area contributed by atoms with E-state index in [-0.39, 0.29) is 0 Å². The first-order chi connectivity index (χ1) is 11.3. The van der Waals surface area contributed by atoms with Crippen molar-refractivity contribution < 1.29 is 0 Å². The van der Waals surface area contributed by atoms with Gasteiger partial charge in [-0.2, -0.15) is 0 Å². The number of anilines is 1. The van der Waals surface area contributed by atoms with Gasteiger partial charge in [-0.25, -0.2) is 4.98 Å². The summed E-state index contributed by atoms with van der Waals surface area (Å²) in [4.78, 5) is 14.2. The summed E-state index contributed by atoms with van der Waals surface area (Å²) in [5, 5.41) is 0.819. The van der Waals surface area contributed by atoms with Crippen LogP contribution in [0.25, 0.3) is 0 Å². The predicted octanol–water partition coefficient (Wildman–Crippen LogP) is 3.61. The molecule has 1 aromatic carbocycles. The minimum atomic E-state index is 0.772. The molecule has 0 amide bonds. The van der Waals surface area contributed by atoms with Crippen LogP contribution in [0, 0.1) is 0 Å². The molecule has 0 saturated carbocycles. The second-order valence-electron chi connectivity index (χ2n) is 5.85. The third-order valence-corrected chi connectivity index (χ3v) is 4.49. The summed E-state index contributed by atoms with van der Waals surface area (Å²) >= 11 is 6.09. The lowest BCUT2D eigenvalue weighted by molar-refractivity contribution is 0.729. The zero-order valence-corrected chi connectivity index (χ0v) is 13.4. The maximum absolute atomic E-state index is 6.09. The Morgan fingerprint density at radius 2 is 2.13 bits per heavy atom. The molecular formula is C18H17ClN4. The van der Waals surface area contributed by atoms with Crippen LogP contribution in [0.4, 0.5) is 5.69 Å². The number of imidazole rings is 1. The Hall–Kier alpha value is -2.33. The van der Waals surface area contributed by atoms with E-state index in [0.29, 0.717) is 0 Å². The average molecular weight is 325 g/mol. The highest BCUT2D eigenvalue weighted by molar-refractivity contribution is 6.30. The fourth-order valence-electron chi connectivity index (χ4n) is 3.07. The van der Waals surface area contributed by atoms with Gasteiger partial charge in [0.2, 0.25) is 0 Å². The molecule has 0 spiro atoms. The van der Waals surface area contributed by atoms with Crippen molar-refractivity contribution in [2.45, 2.75) is 19.4 Å². The van der Waals surface area contributed by atoms with Crippen LogP contribution < -0.4 is 4.90 Å². The molecule has 2 aromatic heterocycles. The van der Waals surface area contributed by atoms with Crippen molar-refractivity contribution in [1.82, 2.24) is 15.0 Å². The van der Waals surface area contributed by atoms with Gasteiger partial charge in [-0.3, -0.25) is 4.98 Å². The van der Waals surface area contributed by atoms with Crippen molar-refractivity contribution >= 4 is 17.3 Å². The monoisotopic (exact) mass is 324 g/mol. The molecule has 1 N–H and O–H groups in total. The number of aromatic nitrogens is 3. The van der Waals surface area contributed by atoms with Crippen molar-refractivity contribution in [3.8, 4) is 0 Å². The Balaban J connectivity index is 1.55. The number of H-pyrrole nitrogens is 1. The second-order valence-corrected chi connectivity index (χ2v) is 6.29. The zero-order valence-electron chi connectivity index (χ0n) is 12.7. The topological polar surface area (TPSA) is 44.8 Å². The number of nitrogens with zero attached hydrogens (tertiary/aromatic N) is 3. The van der Waals surface area contributed by atoms with Gasteiger partial charge in [0, 0.05) is 43.1 Å². The van der Waals surface area contributed by atoms with Crippen molar-refractivity contribution in [2.24, 2.45) is 0 Å². The molecule has 116 valence electrons. The van der Waals surface area contributed by atoms with Crippen LogP contribution in [-0.2, 0) is 19.4 Å². The van der Waals surface area contributed by atoms with Crippen LogP contribution in [0.15, 0.2) is 49.1 Å². The first-order valence-corrected chi connectivity index (χ1v) is 8.10. The molecule has 0 atom stereocenters. The molecule has 0 fully saturated rings. The lowest BCUT2D eigenvalue weighted by Crippen LogP contribution is -2.30. The Kier molecular flexibility index (Phi) is 3.75. The van der Waals surface area contributed by atoms with E-state index in [9.17, 15) is 0 Å². The van der Waals surface area contributed by atoms with E-state index in [2.05, 4.69) is 38.1 Å². The van der Waals surface area contributed by atoms with Gasteiger partial charge in [0.05, 0.1) is 11.9 Å². The van der Waals surface area contributed by atoms with E-state index in [1.807, 2.05) is 24.7 Å². The fourth-order valence-corrected chi connectivity index (χ4v) is 3.27. The number of hydrogen-bond donors (Lipinski definition) is 1. The number of nitrogens with one attached hydrogen (secondary N) is 1. The van der Waals surface area contributed by atoms with Gasteiger partial charge in [-0.1, -0.05) is 17.7 Å². The van der Waals surface area contributed by atoms with Gasteiger partial charge >= 0.3 is 0 Å². The normalized spacial score (nSPS) is 13.9. The third kappa shape index (κ3) is 3.08. The molecule has 0 aliphatic carbocycles. The molecule has 0 bridgehead atoms. The molecule has 0 saturated heterocycles. The maximum atomic E-state index is 6.09. The summed E-state index contributed by atoms with van der Waals surface area (Å²) in [6.07, 6.45) is 9.25. The van der Waals surface area contributed by atoms with Gasteiger partial charge < -0.3 is 9.88 Å². The summed E-state index contributed by atoms with van der Waals surface area (Å²) in [7, 11) is 0. The summed E-state index contributed by atoms with van der Waals surface area (Å²) in [6.45, 7) is 1.89. The number of halogens is 1. The highest BCUT2D eigenvalue weighted by Gasteiger charge is 2.17. The minimum Gasteiger partial charge on any atom is -0.366 e. The number of benzene rings is 1. The van der Waals surface area contributed by atoms with Crippen LogP contribution in [0.1, 0.15) is 22.5 Å². The summed E-state index contributed by atoms with van der Waals surface area (Å²) in [5.41, 5.74) is 5.03. The Labute approximate surface area is 140 Å². The first kappa shape index (κ1) is 14.3. The smallest absolute Gasteiger partial charge is 0.110 e. The van der Waals surface area contributed by atoms with Crippen LogP contribution in [0.5, 0.6) is 0 Å². The molecule has 23 heavy (non-hydrogen) atoms. The lowest BCUT2D eigenvalue weighted by Gasteiger charge is -2.30. The molecule has 4 rings (SSSR count). The van der Waals surface area contributed by atoms with Crippen LogP contribution >= 0.6 is 11.6 Å². The maximum Gasteiger partial charge on any atom is 0.110 e. The van der Waals surface area contributed by atoms with E-state index >= 15 is 0 Å². The largest absolute Gasteiger partial charge is 0.366 e. The number of aromatic amines is 1. The molecule has 3 aromatic rings. The highest BCUT2D eigenvalue weighted by atomic mass is 35.5. The number of rotatable bonds is 3. The fraction of sp³-hybridized carbons (Fsp3) is 0.222. The second kappa shape index (κ2) is 6.05. The van der Waals surface area contributed by atoms with Crippen molar-refractivity contribution in [1.29, 1.82) is 0 Å². The molecule has 1 aliphatic rings. The zero-order chi connectivity index (χ0) is 15.6. The van der Waals surface area contributed by atoms with Crippen molar-refractivity contribution in [3.05, 3.63) is 76.6 Å². The van der Waals surface area contributed by atoms with Crippen LogP contribution in [0.2, 0.25) is 5.02 Å². The predicted molar refractivity (Wildman–Crippen MR) is 91.8 cm³/mol. The Bertz CT molecular complexity index is 814. The number of fused-ring (bicyclic) bond motifs is 1. The van der Waals surface area contributed by atoms with Crippen LogP contribution in [0.3, 0.4) is 0 Å². The molecule has 0 unspecified atom stereocenters. The van der Waals surface area contributed by atoms with Crippen molar-refractivity contribution in [2.75, 3.05) is 11.4 Å². The average Bonchev–Trinajstić information content (AvgIpc) is 3.07. The SMILES string of the molecule is Clc1ccc2c(c1)CCN(c1cncc(Cc3ncc[nH]3)c1)C2. The first-order valence-electron chi connectivity index (χ1n) is 7.72. The molecule has 3 heterocycles. The number of pyridine rings is 1. The molecular weight excluding hydrogens is 308 g/mol. The summed E-state index contributed by atoms with van der Waals surface area (Å²) in [6, 6.07) is 8.38. The van der Waals surface area contributed by atoms with Crippen molar-refractivity contribution in [3.63, 3.8) is 0 Å². The Morgan fingerprint density at radius 1 is 1.17 bits per heavy atom. The van der Waals surface area contributed by atoms with E-state index in [0.717, 1.165) is 42.5 Å². The molecule has 4 nitrogen and oxygen atoms in total. The van der Waals surface area contributed by atoms with Gasteiger partial charge in [-0.05, 0) is 41.3 Å². The van der Waals surface area contributed by atoms with Gasteiger partial charge in [0.25, 0.3) is 0 Å². The standard InChI is InChI=1S/C18H17ClN4/c19-16-2-1-15-12-23(6-3-14(15)9-16)17-7-13(10-20-11-17)8-18-21-4-5-22-18/h1-2,4-5,7,9-11H,3,6,8,12H2,(H,21,22). The number of hydrogen-bond acceptors (Lipinski definition) is 3. The minimum absolute atomic E-state index is 0.772. The molecule has 5 heteroatoms. The Morgan fingerprint density at radius 3 is 3.00 bits per heavy atom. The van der Waals surface area contributed by atoms with E-state index in [1.165, 1.54) is 16.7 Å². The van der Waals surface area contributed by atoms with E-state index < -0.39 is 0 Å². The van der Waals surface area contributed by atoms with Gasteiger partial charge in [-0.15, -0.1) is 0 Å². The van der Waals surface area contributed by atoms with Crippen LogP contribution in [-0.4, -0.2) is 21.5 Å². The molecule has 0 radical (unpaired) electrons. The van der Waals surface area contributed by atoms with E-state index in [4.69, 9.17) is 11.6 Å². The molecule has 1 aliphatic heterocycles. The van der Waals surface area contributed by atoms with Gasteiger partial charge in [0.15, 0.2) is 0 Å². The highest BCUT2D eigenvalue weighted by Crippen LogP contribution is 2.26. The summed E-state index contributed by atoms with van der Waals surface area (Å²) < 4.78 is 0. The third-order valence-electron chi connectivity index (χ3n) is 4.25. The quantitative estimate of drug-likeness (QED) is 0.800. The van der Waals surface area contributed by atoms with Gasteiger partial charge in [0.1, 0.15) is 5.82 Å². The lowest BCUT2D eigenvalue weighted by atomic mass is 9.99.